The smallest absolute Gasteiger partial charge is 0.272 e. The van der Waals surface area contributed by atoms with Crippen LogP contribution in [0, 0.1) is 0 Å². The monoisotopic (exact) mass is 236 g/mol. The molecule has 1 aromatic rings. The summed E-state index contributed by atoms with van der Waals surface area (Å²) in [7, 11) is 0. The molecule has 1 aliphatic heterocycles. The molecule has 0 bridgehead atoms. The molecule has 0 atom stereocenters. The predicted octanol–water partition coefficient (Wildman–Crippen LogP) is 2.53. The van der Waals surface area contributed by atoms with E-state index in [-0.39, 0.29) is 5.91 Å². The van der Waals surface area contributed by atoms with Crippen LogP contribution in [0.2, 0.25) is 5.15 Å². The van der Waals surface area contributed by atoms with Gasteiger partial charge in [0.05, 0.1) is 0 Å². The lowest BCUT2D eigenvalue weighted by molar-refractivity contribution is 0.0763. The number of carbonyl (C=O) groups is 1. The second-order valence-corrected chi connectivity index (χ2v) is 4.28. The molecule has 1 amide bonds. The fourth-order valence-corrected chi connectivity index (χ4v) is 1.81. The van der Waals surface area contributed by atoms with E-state index in [9.17, 15) is 4.79 Å². The molecule has 0 saturated carbocycles. The predicted molar refractivity (Wildman–Crippen MR) is 63.5 cm³/mol. The molecular weight excluding hydrogens is 224 g/mol. The first kappa shape index (κ1) is 11.1. The molecule has 16 heavy (non-hydrogen) atoms. The lowest BCUT2D eigenvalue weighted by Crippen LogP contribution is -2.35. The number of pyridine rings is 1. The van der Waals surface area contributed by atoms with Gasteiger partial charge < -0.3 is 4.90 Å². The molecule has 0 spiro atoms. The van der Waals surface area contributed by atoms with Crippen LogP contribution in [0.25, 0.3) is 0 Å². The summed E-state index contributed by atoms with van der Waals surface area (Å²) in [6.07, 6.45) is 3.01. The van der Waals surface area contributed by atoms with Crippen LogP contribution in [0.15, 0.2) is 29.8 Å². The Bertz CT molecular complexity index is 442. The van der Waals surface area contributed by atoms with Gasteiger partial charge in [-0.15, -0.1) is 0 Å². The molecule has 4 heteroatoms. The van der Waals surface area contributed by atoms with Crippen molar-refractivity contribution in [3.8, 4) is 0 Å². The van der Waals surface area contributed by atoms with E-state index >= 15 is 0 Å². The summed E-state index contributed by atoms with van der Waals surface area (Å²) in [5.41, 5.74) is 1.75. The number of halogens is 1. The summed E-state index contributed by atoms with van der Waals surface area (Å²) in [5.74, 6) is -0.0498. The standard InChI is InChI=1S/C12H13ClN2O/c1-9-5-7-15(8-6-9)12(16)10-3-2-4-11(13)14-10/h2-5H,6-8H2,1H3. The van der Waals surface area contributed by atoms with Crippen molar-refractivity contribution in [2.75, 3.05) is 13.1 Å². The van der Waals surface area contributed by atoms with E-state index < -0.39 is 0 Å². The van der Waals surface area contributed by atoms with Crippen LogP contribution < -0.4 is 0 Å². The molecule has 0 unspecified atom stereocenters. The van der Waals surface area contributed by atoms with Gasteiger partial charge in [-0.2, -0.15) is 0 Å². The summed E-state index contributed by atoms with van der Waals surface area (Å²) < 4.78 is 0. The molecule has 0 fully saturated rings. The molecule has 1 aliphatic rings. The number of carbonyl (C=O) groups excluding carboxylic acids is 1. The van der Waals surface area contributed by atoms with Crippen molar-refractivity contribution < 1.29 is 4.79 Å². The van der Waals surface area contributed by atoms with Crippen molar-refractivity contribution in [2.24, 2.45) is 0 Å². The van der Waals surface area contributed by atoms with Crippen LogP contribution in [0.1, 0.15) is 23.8 Å². The number of rotatable bonds is 1. The largest absolute Gasteiger partial charge is 0.333 e. The zero-order valence-electron chi connectivity index (χ0n) is 9.11. The minimum atomic E-state index is -0.0498. The Morgan fingerprint density at radius 2 is 2.31 bits per heavy atom. The lowest BCUT2D eigenvalue weighted by Gasteiger charge is -2.25. The Hall–Kier alpha value is -1.35. The first-order chi connectivity index (χ1) is 7.66. The number of aromatic nitrogens is 1. The maximum atomic E-state index is 12.0. The van der Waals surface area contributed by atoms with Gasteiger partial charge in [-0.1, -0.05) is 29.3 Å². The second-order valence-electron chi connectivity index (χ2n) is 3.90. The van der Waals surface area contributed by atoms with Crippen LogP contribution in [0.3, 0.4) is 0 Å². The van der Waals surface area contributed by atoms with Crippen LogP contribution in [-0.2, 0) is 0 Å². The SMILES string of the molecule is CC1=CCN(C(=O)c2cccc(Cl)n2)CC1. The Morgan fingerprint density at radius 3 is 2.94 bits per heavy atom. The van der Waals surface area contributed by atoms with Gasteiger partial charge in [0.1, 0.15) is 10.8 Å². The molecule has 2 rings (SSSR count). The number of hydrogen-bond donors (Lipinski definition) is 0. The van der Waals surface area contributed by atoms with E-state index in [4.69, 9.17) is 11.6 Å². The minimum Gasteiger partial charge on any atom is -0.333 e. The highest BCUT2D eigenvalue weighted by Crippen LogP contribution is 2.13. The van der Waals surface area contributed by atoms with Crippen molar-refractivity contribution in [1.82, 2.24) is 9.88 Å². The fraction of sp³-hybridized carbons (Fsp3) is 0.333. The van der Waals surface area contributed by atoms with Crippen molar-refractivity contribution in [3.63, 3.8) is 0 Å². The van der Waals surface area contributed by atoms with Crippen molar-refractivity contribution >= 4 is 17.5 Å². The van der Waals surface area contributed by atoms with Gasteiger partial charge in [0.2, 0.25) is 0 Å². The highest BCUT2D eigenvalue weighted by atomic mass is 35.5. The average Bonchev–Trinajstić information content (AvgIpc) is 2.29. The van der Waals surface area contributed by atoms with Gasteiger partial charge in [-0.05, 0) is 25.5 Å². The molecule has 0 radical (unpaired) electrons. The third kappa shape index (κ3) is 2.42. The number of nitrogens with zero attached hydrogens (tertiary/aromatic N) is 2. The third-order valence-electron chi connectivity index (χ3n) is 2.66. The van der Waals surface area contributed by atoms with Crippen LogP contribution >= 0.6 is 11.6 Å². The van der Waals surface area contributed by atoms with Crippen molar-refractivity contribution in [3.05, 3.63) is 40.7 Å². The maximum Gasteiger partial charge on any atom is 0.272 e. The van der Waals surface area contributed by atoms with E-state index in [1.165, 1.54) is 5.57 Å². The second kappa shape index (κ2) is 4.66. The molecule has 1 aromatic heterocycles. The van der Waals surface area contributed by atoms with Gasteiger partial charge in [0.25, 0.3) is 5.91 Å². The summed E-state index contributed by atoms with van der Waals surface area (Å²) in [6, 6.07) is 5.10. The van der Waals surface area contributed by atoms with Crippen LogP contribution in [-0.4, -0.2) is 28.9 Å². The van der Waals surface area contributed by atoms with E-state index in [1.807, 2.05) is 0 Å². The van der Waals surface area contributed by atoms with E-state index in [0.717, 1.165) is 13.0 Å². The number of hydrogen-bond acceptors (Lipinski definition) is 2. The highest BCUT2D eigenvalue weighted by Gasteiger charge is 2.18. The summed E-state index contributed by atoms with van der Waals surface area (Å²) >= 11 is 5.76. The Kier molecular flexibility index (Phi) is 3.25. The molecule has 0 N–H and O–H groups in total. The Balaban J connectivity index is 2.14. The van der Waals surface area contributed by atoms with Gasteiger partial charge in [-0.25, -0.2) is 4.98 Å². The van der Waals surface area contributed by atoms with E-state index in [0.29, 0.717) is 17.4 Å². The van der Waals surface area contributed by atoms with Gasteiger partial charge in [0, 0.05) is 13.1 Å². The quantitative estimate of drug-likeness (QED) is 0.555. The fourth-order valence-electron chi connectivity index (χ4n) is 1.64. The van der Waals surface area contributed by atoms with Gasteiger partial charge >= 0.3 is 0 Å². The first-order valence-corrected chi connectivity index (χ1v) is 5.62. The Labute approximate surface area is 99.7 Å². The topological polar surface area (TPSA) is 33.2 Å². The van der Waals surface area contributed by atoms with Crippen LogP contribution in [0.5, 0.6) is 0 Å². The maximum absolute atomic E-state index is 12.0. The minimum absolute atomic E-state index is 0.0498. The molecule has 2 heterocycles. The van der Waals surface area contributed by atoms with E-state index in [1.54, 1.807) is 23.1 Å². The zero-order valence-corrected chi connectivity index (χ0v) is 9.87. The first-order valence-electron chi connectivity index (χ1n) is 5.24. The highest BCUT2D eigenvalue weighted by molar-refractivity contribution is 6.29. The summed E-state index contributed by atoms with van der Waals surface area (Å²) in [4.78, 5) is 17.8. The molecule has 0 aromatic carbocycles. The molecule has 84 valence electrons. The van der Waals surface area contributed by atoms with Crippen LogP contribution in [0.4, 0.5) is 0 Å². The van der Waals surface area contributed by atoms with Gasteiger partial charge in [0.15, 0.2) is 0 Å². The van der Waals surface area contributed by atoms with Gasteiger partial charge in [-0.3, -0.25) is 4.79 Å². The molecule has 0 aliphatic carbocycles. The van der Waals surface area contributed by atoms with E-state index in [2.05, 4.69) is 18.0 Å². The lowest BCUT2D eigenvalue weighted by atomic mass is 10.1. The average molecular weight is 237 g/mol. The third-order valence-corrected chi connectivity index (χ3v) is 2.87. The molecule has 3 nitrogen and oxygen atoms in total. The normalized spacial score (nSPS) is 15.9. The molecule has 0 saturated heterocycles. The molecular formula is C12H13ClN2O. The zero-order chi connectivity index (χ0) is 11.5. The van der Waals surface area contributed by atoms with Crippen molar-refractivity contribution in [1.29, 1.82) is 0 Å². The summed E-state index contributed by atoms with van der Waals surface area (Å²) in [5, 5.41) is 0.356. The number of amides is 1. The Morgan fingerprint density at radius 1 is 1.50 bits per heavy atom. The van der Waals surface area contributed by atoms with Crippen molar-refractivity contribution in [2.45, 2.75) is 13.3 Å². The summed E-state index contributed by atoms with van der Waals surface area (Å²) in [6.45, 7) is 3.51.